The van der Waals surface area contributed by atoms with E-state index in [2.05, 4.69) is 25.7 Å². The van der Waals surface area contributed by atoms with Crippen LogP contribution >= 0.6 is 11.3 Å². The Bertz CT molecular complexity index is 357. The predicted octanol–water partition coefficient (Wildman–Crippen LogP) is 3.22. The number of hydrogen-bond donors (Lipinski definition) is 0. The van der Waals surface area contributed by atoms with Gasteiger partial charge in [0.1, 0.15) is 0 Å². The van der Waals surface area contributed by atoms with Gasteiger partial charge in [-0.25, -0.2) is 0 Å². The van der Waals surface area contributed by atoms with E-state index in [1.54, 1.807) is 11.3 Å². The number of hydrogen-bond acceptors (Lipinski definition) is 3. The van der Waals surface area contributed by atoms with Crippen LogP contribution < -0.4 is 0 Å². The number of Topliss-reactive ketones (excluding diaryl/α,β-unsaturated/α-hetero) is 1. The van der Waals surface area contributed by atoms with E-state index in [9.17, 15) is 4.79 Å². The minimum absolute atomic E-state index is 0.230. The first-order valence-corrected chi connectivity index (χ1v) is 6.53. The van der Waals surface area contributed by atoms with Gasteiger partial charge in [-0.2, -0.15) is 0 Å². The molecule has 1 atom stereocenters. The third kappa shape index (κ3) is 3.42. The predicted molar refractivity (Wildman–Crippen MR) is 70.3 cm³/mol. The fraction of sp³-hybridized carbons (Fsp3) is 0.615. The number of carbonyl (C=O) groups excluding carboxylic acids is 1. The molecule has 0 aliphatic carbocycles. The Labute approximate surface area is 102 Å². The Kier molecular flexibility index (Phi) is 4.69. The molecule has 0 saturated heterocycles. The Morgan fingerprint density at radius 1 is 1.38 bits per heavy atom. The van der Waals surface area contributed by atoms with Gasteiger partial charge in [-0.1, -0.05) is 13.8 Å². The molecule has 0 saturated carbocycles. The highest BCUT2D eigenvalue weighted by atomic mass is 32.1. The molecule has 0 spiro atoms. The molecule has 90 valence electrons. The second kappa shape index (κ2) is 5.60. The molecular weight excluding hydrogens is 218 g/mol. The van der Waals surface area contributed by atoms with E-state index in [1.165, 1.54) is 4.88 Å². The van der Waals surface area contributed by atoms with Crippen LogP contribution in [0.1, 0.15) is 35.3 Å². The number of rotatable bonds is 5. The van der Waals surface area contributed by atoms with E-state index in [-0.39, 0.29) is 5.78 Å². The van der Waals surface area contributed by atoms with Crippen molar-refractivity contribution in [3.63, 3.8) is 0 Å². The molecule has 0 fully saturated rings. The van der Waals surface area contributed by atoms with Crippen LogP contribution in [0.15, 0.2) is 12.1 Å². The molecule has 3 heteroatoms. The lowest BCUT2D eigenvalue weighted by atomic mass is 10.1. The van der Waals surface area contributed by atoms with Crippen molar-refractivity contribution >= 4 is 17.1 Å². The molecule has 0 N–H and O–H groups in total. The maximum absolute atomic E-state index is 12.0. The van der Waals surface area contributed by atoms with Crippen LogP contribution in [-0.4, -0.2) is 30.3 Å². The minimum atomic E-state index is 0.230. The maximum atomic E-state index is 12.0. The van der Waals surface area contributed by atoms with Gasteiger partial charge < -0.3 is 0 Å². The molecule has 1 aromatic heterocycles. The second-order valence-corrected chi connectivity index (χ2v) is 6.02. The van der Waals surface area contributed by atoms with Gasteiger partial charge in [0, 0.05) is 10.9 Å². The van der Waals surface area contributed by atoms with Gasteiger partial charge in [0.15, 0.2) is 5.78 Å². The molecule has 1 unspecified atom stereocenters. The van der Waals surface area contributed by atoms with Crippen molar-refractivity contribution in [3.05, 3.63) is 21.9 Å². The monoisotopic (exact) mass is 239 g/mol. The molecule has 1 heterocycles. The fourth-order valence-corrected chi connectivity index (χ4v) is 2.34. The molecule has 1 aromatic rings. The number of thiophene rings is 1. The average Bonchev–Trinajstić information content (AvgIpc) is 2.63. The Morgan fingerprint density at radius 3 is 2.44 bits per heavy atom. The van der Waals surface area contributed by atoms with Gasteiger partial charge in [-0.3, -0.25) is 9.69 Å². The van der Waals surface area contributed by atoms with Crippen LogP contribution in [0.25, 0.3) is 0 Å². The first-order chi connectivity index (χ1) is 7.41. The minimum Gasteiger partial charge on any atom is -0.296 e. The first-order valence-electron chi connectivity index (χ1n) is 5.71. The molecular formula is C13H21NOS. The van der Waals surface area contributed by atoms with E-state index < -0.39 is 0 Å². The summed E-state index contributed by atoms with van der Waals surface area (Å²) in [7, 11) is 2.02. The summed E-state index contributed by atoms with van der Waals surface area (Å²) in [5.74, 6) is 0.802. The highest BCUT2D eigenvalue weighted by Crippen LogP contribution is 2.17. The number of nitrogens with zero attached hydrogens (tertiary/aromatic N) is 1. The second-order valence-electron chi connectivity index (χ2n) is 4.73. The summed E-state index contributed by atoms with van der Waals surface area (Å²) in [5, 5.41) is 0. The van der Waals surface area contributed by atoms with Crippen LogP contribution in [0, 0.1) is 12.8 Å². The highest BCUT2D eigenvalue weighted by molar-refractivity contribution is 7.14. The number of carbonyl (C=O) groups is 1. The van der Waals surface area contributed by atoms with Crippen molar-refractivity contribution in [1.29, 1.82) is 0 Å². The fourth-order valence-electron chi connectivity index (χ4n) is 1.54. The van der Waals surface area contributed by atoms with Crippen molar-refractivity contribution in [2.75, 3.05) is 13.6 Å². The van der Waals surface area contributed by atoms with Crippen molar-refractivity contribution in [2.45, 2.75) is 33.7 Å². The van der Waals surface area contributed by atoms with E-state index in [4.69, 9.17) is 0 Å². The van der Waals surface area contributed by atoms with E-state index in [0.717, 1.165) is 4.88 Å². The lowest BCUT2D eigenvalue weighted by Gasteiger charge is -2.26. The van der Waals surface area contributed by atoms with E-state index >= 15 is 0 Å². The first kappa shape index (κ1) is 13.4. The number of ketones is 1. The lowest BCUT2D eigenvalue weighted by molar-refractivity contribution is 0.0911. The van der Waals surface area contributed by atoms with Crippen LogP contribution in [0.2, 0.25) is 0 Å². The molecule has 0 bridgehead atoms. The van der Waals surface area contributed by atoms with Gasteiger partial charge in [-0.15, -0.1) is 11.3 Å². The van der Waals surface area contributed by atoms with Crippen LogP contribution in [-0.2, 0) is 0 Å². The molecule has 1 rings (SSSR count). The van der Waals surface area contributed by atoms with Crippen LogP contribution in [0.3, 0.4) is 0 Å². The van der Waals surface area contributed by atoms with Crippen LogP contribution in [0.4, 0.5) is 0 Å². The van der Waals surface area contributed by atoms with Crippen molar-refractivity contribution in [2.24, 2.45) is 5.92 Å². The molecule has 0 aliphatic heterocycles. The zero-order chi connectivity index (χ0) is 12.3. The summed E-state index contributed by atoms with van der Waals surface area (Å²) in [6.07, 6.45) is 0. The average molecular weight is 239 g/mol. The highest BCUT2D eigenvalue weighted by Gasteiger charge is 2.17. The molecule has 2 nitrogen and oxygen atoms in total. The summed E-state index contributed by atoms with van der Waals surface area (Å²) in [6.45, 7) is 9.07. The summed E-state index contributed by atoms with van der Waals surface area (Å²) >= 11 is 1.58. The Balaban J connectivity index is 2.58. The summed E-state index contributed by atoms with van der Waals surface area (Å²) in [5.41, 5.74) is 0. The SMILES string of the molecule is Cc1ccc(C(=O)CN(C)C(C)C(C)C)s1. The van der Waals surface area contributed by atoms with Gasteiger partial charge in [-0.05, 0) is 38.9 Å². The topological polar surface area (TPSA) is 20.3 Å². The molecule has 0 aromatic carbocycles. The Hall–Kier alpha value is -0.670. The zero-order valence-electron chi connectivity index (χ0n) is 10.8. The molecule has 0 aliphatic rings. The van der Waals surface area contributed by atoms with Crippen molar-refractivity contribution in [3.8, 4) is 0 Å². The third-order valence-corrected chi connectivity index (χ3v) is 4.11. The maximum Gasteiger partial charge on any atom is 0.186 e. The quantitative estimate of drug-likeness (QED) is 0.735. The lowest BCUT2D eigenvalue weighted by Crippen LogP contribution is -2.36. The largest absolute Gasteiger partial charge is 0.296 e. The summed E-state index contributed by atoms with van der Waals surface area (Å²) in [4.78, 5) is 16.2. The summed E-state index contributed by atoms with van der Waals surface area (Å²) in [6, 6.07) is 4.37. The molecule has 0 radical (unpaired) electrons. The Morgan fingerprint density at radius 2 is 2.00 bits per heavy atom. The standard InChI is InChI=1S/C13H21NOS/c1-9(2)11(4)14(5)8-12(15)13-7-6-10(3)16-13/h6-7,9,11H,8H2,1-5H3. The molecule has 16 heavy (non-hydrogen) atoms. The van der Waals surface area contributed by atoms with Gasteiger partial charge in [0.25, 0.3) is 0 Å². The normalized spacial score (nSPS) is 13.4. The summed E-state index contributed by atoms with van der Waals surface area (Å²) < 4.78 is 0. The zero-order valence-corrected chi connectivity index (χ0v) is 11.6. The third-order valence-electron chi connectivity index (χ3n) is 3.07. The van der Waals surface area contributed by atoms with Gasteiger partial charge in [0.05, 0.1) is 11.4 Å². The van der Waals surface area contributed by atoms with Crippen molar-refractivity contribution < 1.29 is 4.79 Å². The van der Waals surface area contributed by atoms with Gasteiger partial charge >= 0.3 is 0 Å². The van der Waals surface area contributed by atoms with Crippen molar-refractivity contribution in [1.82, 2.24) is 4.90 Å². The molecule has 0 amide bonds. The smallest absolute Gasteiger partial charge is 0.186 e. The number of aryl methyl sites for hydroxylation is 1. The van der Waals surface area contributed by atoms with Gasteiger partial charge in [0.2, 0.25) is 0 Å². The van der Waals surface area contributed by atoms with E-state index in [1.807, 2.05) is 26.1 Å². The number of likely N-dealkylation sites (N-methyl/N-ethyl adjacent to an activating group) is 1. The van der Waals surface area contributed by atoms with Crippen LogP contribution in [0.5, 0.6) is 0 Å². The van der Waals surface area contributed by atoms with E-state index in [0.29, 0.717) is 18.5 Å².